The fraction of sp³-hybridized carbons (Fsp3) is 0.316. The third-order valence-electron chi connectivity index (χ3n) is 5.14. The lowest BCUT2D eigenvalue weighted by Gasteiger charge is -2.33. The minimum atomic E-state index is -4.82. The van der Waals surface area contributed by atoms with Gasteiger partial charge in [0, 0.05) is 24.8 Å². The maximum atomic E-state index is 13.3. The van der Waals surface area contributed by atoms with Crippen LogP contribution in [-0.4, -0.2) is 30.7 Å². The number of hydrogen-bond donors (Lipinski definition) is 0. The van der Waals surface area contributed by atoms with Crippen LogP contribution in [0, 0.1) is 10.1 Å². The molecule has 1 saturated heterocycles. The van der Waals surface area contributed by atoms with Crippen LogP contribution in [-0.2, 0) is 23.9 Å². The summed E-state index contributed by atoms with van der Waals surface area (Å²) >= 11 is 0. The first kappa shape index (κ1) is 19.0. The Kier molecular flexibility index (Phi) is 4.56. The van der Waals surface area contributed by atoms with Gasteiger partial charge in [-0.1, -0.05) is 12.1 Å². The highest BCUT2D eigenvalue weighted by Gasteiger charge is 2.39. The van der Waals surface area contributed by atoms with Gasteiger partial charge in [0.1, 0.15) is 12.2 Å². The van der Waals surface area contributed by atoms with Gasteiger partial charge >= 0.3 is 12.3 Å². The molecule has 1 fully saturated rings. The van der Waals surface area contributed by atoms with Crippen molar-refractivity contribution in [3.05, 3.63) is 63.2 Å². The SMILES string of the molecule is O=C1OCCN1c1cccc2c1CCN(c1ccc([N+](=O)[O-])c(C(F)(F)F)c1)C2. The summed E-state index contributed by atoms with van der Waals surface area (Å²) in [5.74, 6) is 0. The van der Waals surface area contributed by atoms with E-state index in [0.717, 1.165) is 28.9 Å². The quantitative estimate of drug-likeness (QED) is 0.565. The molecule has 0 spiro atoms. The van der Waals surface area contributed by atoms with Crippen LogP contribution in [0.1, 0.15) is 16.7 Å². The maximum Gasteiger partial charge on any atom is 0.423 e. The van der Waals surface area contributed by atoms with E-state index in [1.54, 1.807) is 15.9 Å². The minimum absolute atomic E-state index is 0.263. The van der Waals surface area contributed by atoms with Gasteiger partial charge in [0.2, 0.25) is 0 Å². The highest BCUT2D eigenvalue weighted by Crippen LogP contribution is 2.39. The molecule has 2 aromatic carbocycles. The number of hydrogen-bond acceptors (Lipinski definition) is 5. The van der Waals surface area contributed by atoms with Crippen molar-refractivity contribution in [2.24, 2.45) is 0 Å². The number of anilines is 2. The summed E-state index contributed by atoms with van der Waals surface area (Å²) in [7, 11) is 0. The molecule has 0 radical (unpaired) electrons. The van der Waals surface area contributed by atoms with E-state index >= 15 is 0 Å². The number of benzene rings is 2. The first-order valence-electron chi connectivity index (χ1n) is 8.91. The maximum absolute atomic E-state index is 13.3. The number of nitro benzene ring substituents is 1. The fourth-order valence-electron chi connectivity index (χ4n) is 3.78. The Morgan fingerprint density at radius 2 is 1.93 bits per heavy atom. The van der Waals surface area contributed by atoms with Crippen molar-refractivity contribution in [2.45, 2.75) is 19.1 Å². The van der Waals surface area contributed by atoms with E-state index in [-0.39, 0.29) is 5.69 Å². The number of fused-ring (bicyclic) bond motifs is 1. The zero-order chi connectivity index (χ0) is 20.8. The van der Waals surface area contributed by atoms with Crippen molar-refractivity contribution in [1.29, 1.82) is 0 Å². The smallest absolute Gasteiger partial charge is 0.423 e. The number of alkyl halides is 3. The van der Waals surface area contributed by atoms with Crippen molar-refractivity contribution in [3.8, 4) is 0 Å². The molecule has 2 aromatic rings. The van der Waals surface area contributed by atoms with Gasteiger partial charge in [-0.05, 0) is 35.7 Å². The first-order chi connectivity index (χ1) is 13.8. The number of carbonyl (C=O) groups is 1. The van der Waals surface area contributed by atoms with Crippen LogP contribution in [0.2, 0.25) is 0 Å². The Morgan fingerprint density at radius 1 is 1.14 bits per heavy atom. The third kappa shape index (κ3) is 3.45. The molecule has 1 amide bonds. The van der Waals surface area contributed by atoms with E-state index in [2.05, 4.69) is 0 Å². The van der Waals surface area contributed by atoms with Crippen LogP contribution < -0.4 is 9.80 Å². The van der Waals surface area contributed by atoms with E-state index in [1.807, 2.05) is 12.1 Å². The Balaban J connectivity index is 1.66. The van der Waals surface area contributed by atoms with Gasteiger partial charge < -0.3 is 9.64 Å². The largest absolute Gasteiger partial charge is 0.447 e. The molecule has 0 atom stereocenters. The van der Waals surface area contributed by atoms with E-state index in [9.17, 15) is 28.1 Å². The summed E-state index contributed by atoms with van der Waals surface area (Å²) in [4.78, 5) is 25.1. The molecule has 2 heterocycles. The molecule has 10 heteroatoms. The first-order valence-corrected chi connectivity index (χ1v) is 8.91. The van der Waals surface area contributed by atoms with Crippen LogP contribution in [0.25, 0.3) is 0 Å². The van der Waals surface area contributed by atoms with Gasteiger partial charge in [-0.3, -0.25) is 15.0 Å². The van der Waals surface area contributed by atoms with Crippen molar-refractivity contribution >= 4 is 23.2 Å². The molecule has 2 aliphatic heterocycles. The van der Waals surface area contributed by atoms with Crippen LogP contribution in [0.3, 0.4) is 0 Å². The molecule has 0 bridgehead atoms. The van der Waals surface area contributed by atoms with Gasteiger partial charge in [0.25, 0.3) is 5.69 Å². The van der Waals surface area contributed by atoms with Gasteiger partial charge in [0.15, 0.2) is 0 Å². The van der Waals surface area contributed by atoms with Crippen molar-refractivity contribution in [1.82, 2.24) is 0 Å². The summed E-state index contributed by atoms with van der Waals surface area (Å²) in [6.07, 6.45) is -4.71. The molecule has 0 N–H and O–H groups in total. The highest BCUT2D eigenvalue weighted by atomic mass is 19.4. The zero-order valence-corrected chi connectivity index (χ0v) is 15.1. The third-order valence-corrected chi connectivity index (χ3v) is 5.14. The minimum Gasteiger partial charge on any atom is -0.447 e. The van der Waals surface area contributed by atoms with Crippen molar-refractivity contribution in [2.75, 3.05) is 29.5 Å². The number of rotatable bonds is 3. The highest BCUT2D eigenvalue weighted by molar-refractivity contribution is 5.90. The summed E-state index contributed by atoms with van der Waals surface area (Å²) in [6.45, 7) is 1.52. The molecule has 0 unspecified atom stereocenters. The molecular weight excluding hydrogens is 391 g/mol. The second-order valence-corrected chi connectivity index (χ2v) is 6.81. The molecule has 4 rings (SSSR count). The van der Waals surface area contributed by atoms with Crippen LogP contribution >= 0.6 is 0 Å². The monoisotopic (exact) mass is 407 g/mol. The second kappa shape index (κ2) is 6.94. The Hall–Kier alpha value is -3.30. The second-order valence-electron chi connectivity index (χ2n) is 6.81. The van der Waals surface area contributed by atoms with Gasteiger partial charge in [0.05, 0.1) is 17.2 Å². The van der Waals surface area contributed by atoms with E-state index in [0.29, 0.717) is 32.7 Å². The normalized spacial score (nSPS) is 16.6. The molecule has 152 valence electrons. The topological polar surface area (TPSA) is 75.9 Å². The Bertz CT molecular complexity index is 993. The summed E-state index contributed by atoms with van der Waals surface area (Å²) in [5.41, 5.74) is 0.637. The standard InChI is InChI=1S/C19H16F3N3O4/c20-19(21,22)15-10-13(4-5-17(15)25(27)28)23-7-6-14-12(11-23)2-1-3-16(14)24-8-9-29-18(24)26/h1-5,10H,6-9,11H2. The summed E-state index contributed by atoms with van der Waals surface area (Å²) in [5, 5.41) is 11.0. The molecule has 7 nitrogen and oxygen atoms in total. The van der Waals surface area contributed by atoms with Gasteiger partial charge in [-0.15, -0.1) is 0 Å². The van der Waals surface area contributed by atoms with Crippen LogP contribution in [0.15, 0.2) is 36.4 Å². The average Bonchev–Trinajstić information content (AvgIpc) is 3.11. The number of carbonyl (C=O) groups excluding carboxylic acids is 1. The predicted molar refractivity (Wildman–Crippen MR) is 98.0 cm³/mol. The summed E-state index contributed by atoms with van der Waals surface area (Å²) in [6, 6.07) is 8.53. The van der Waals surface area contributed by atoms with E-state index < -0.39 is 28.4 Å². The number of nitrogens with zero attached hydrogens (tertiary/aromatic N) is 3. The lowest BCUT2D eigenvalue weighted by molar-refractivity contribution is -0.388. The number of nitro groups is 1. The van der Waals surface area contributed by atoms with Crippen molar-refractivity contribution in [3.63, 3.8) is 0 Å². The lowest BCUT2D eigenvalue weighted by atomic mass is 9.96. The number of halogens is 3. The predicted octanol–water partition coefficient (Wildman–Crippen LogP) is 4.13. The number of cyclic esters (lactones) is 1. The van der Waals surface area contributed by atoms with Gasteiger partial charge in [-0.25, -0.2) is 4.79 Å². The fourth-order valence-corrected chi connectivity index (χ4v) is 3.78. The molecular formula is C19H16F3N3O4. The number of amides is 1. The Labute approximate surface area is 163 Å². The molecule has 29 heavy (non-hydrogen) atoms. The molecule has 0 aromatic heterocycles. The Morgan fingerprint density at radius 3 is 2.59 bits per heavy atom. The average molecular weight is 407 g/mol. The van der Waals surface area contributed by atoms with Crippen LogP contribution in [0.5, 0.6) is 0 Å². The van der Waals surface area contributed by atoms with E-state index in [1.165, 1.54) is 6.07 Å². The molecule has 0 aliphatic carbocycles. The van der Waals surface area contributed by atoms with Crippen LogP contribution in [0.4, 0.5) is 35.0 Å². The molecule has 2 aliphatic rings. The summed E-state index contributed by atoms with van der Waals surface area (Å²) < 4.78 is 44.8. The van der Waals surface area contributed by atoms with Crippen molar-refractivity contribution < 1.29 is 27.6 Å². The zero-order valence-electron chi connectivity index (χ0n) is 15.1. The number of ether oxygens (including phenoxy) is 1. The molecule has 0 saturated carbocycles. The lowest BCUT2D eigenvalue weighted by Crippen LogP contribution is -2.33. The van der Waals surface area contributed by atoms with E-state index in [4.69, 9.17) is 4.74 Å². The van der Waals surface area contributed by atoms with Gasteiger partial charge in [-0.2, -0.15) is 13.2 Å².